The molecular formula is C26H31N3O4. The number of anilines is 1. The van der Waals surface area contributed by atoms with Crippen LogP contribution in [0.2, 0.25) is 0 Å². The largest absolute Gasteiger partial charge is 0.497 e. The Hall–Kier alpha value is -3.03. The molecule has 2 aromatic carbocycles. The van der Waals surface area contributed by atoms with Gasteiger partial charge in [0.15, 0.2) is 0 Å². The van der Waals surface area contributed by atoms with Gasteiger partial charge in [-0.3, -0.25) is 0 Å². The van der Waals surface area contributed by atoms with Gasteiger partial charge in [0.25, 0.3) is 0 Å². The molecule has 2 atom stereocenters. The summed E-state index contributed by atoms with van der Waals surface area (Å²) in [4.78, 5) is 6.60. The first kappa shape index (κ1) is 21.8. The van der Waals surface area contributed by atoms with Gasteiger partial charge in [0.1, 0.15) is 24.2 Å². The van der Waals surface area contributed by atoms with E-state index in [0.29, 0.717) is 19.8 Å². The van der Waals surface area contributed by atoms with Gasteiger partial charge in [0.2, 0.25) is 5.79 Å². The van der Waals surface area contributed by atoms with Crippen molar-refractivity contribution in [2.75, 3.05) is 38.3 Å². The number of rotatable bonds is 8. The van der Waals surface area contributed by atoms with E-state index in [2.05, 4.69) is 22.0 Å². The van der Waals surface area contributed by atoms with Gasteiger partial charge in [-0.1, -0.05) is 0 Å². The van der Waals surface area contributed by atoms with Crippen LogP contribution in [0.25, 0.3) is 0 Å². The van der Waals surface area contributed by atoms with Gasteiger partial charge in [-0.25, -0.2) is 4.98 Å². The highest BCUT2D eigenvalue weighted by Gasteiger charge is 2.44. The molecular weight excluding hydrogens is 418 g/mol. The summed E-state index contributed by atoms with van der Waals surface area (Å²) in [5, 5.41) is 0. The maximum absolute atomic E-state index is 6.48. The molecule has 1 aromatic heterocycles. The fourth-order valence-corrected chi connectivity index (χ4v) is 4.53. The summed E-state index contributed by atoms with van der Waals surface area (Å²) < 4.78 is 26.1. The molecule has 0 N–H and O–H groups in total. The number of aromatic nitrogens is 2. The first-order chi connectivity index (χ1) is 16.2. The molecule has 2 aliphatic rings. The lowest BCUT2D eigenvalue weighted by Gasteiger charge is -2.29. The molecule has 3 aromatic rings. The van der Waals surface area contributed by atoms with Gasteiger partial charge in [-0.05, 0) is 67.8 Å². The quantitative estimate of drug-likeness (QED) is 0.513. The van der Waals surface area contributed by atoms with E-state index in [0.717, 1.165) is 30.2 Å². The van der Waals surface area contributed by atoms with Crippen molar-refractivity contribution in [3.63, 3.8) is 0 Å². The highest BCUT2D eigenvalue weighted by molar-refractivity contribution is 5.49. The first-order valence-corrected chi connectivity index (χ1v) is 11.6. The summed E-state index contributed by atoms with van der Waals surface area (Å²) in [5.41, 5.74) is 2.20. The molecule has 5 rings (SSSR count). The van der Waals surface area contributed by atoms with Gasteiger partial charge < -0.3 is 28.4 Å². The van der Waals surface area contributed by atoms with Crippen molar-refractivity contribution in [3.05, 3.63) is 72.8 Å². The lowest BCUT2D eigenvalue weighted by atomic mass is 10.1. The Morgan fingerprint density at radius 2 is 1.76 bits per heavy atom. The molecule has 174 valence electrons. The lowest BCUT2D eigenvalue weighted by molar-refractivity contribution is -0.189. The van der Waals surface area contributed by atoms with Crippen molar-refractivity contribution in [2.45, 2.75) is 37.7 Å². The normalized spacial score (nSPS) is 22.9. The second-order valence-electron chi connectivity index (χ2n) is 8.62. The van der Waals surface area contributed by atoms with Gasteiger partial charge in [0.05, 0.1) is 26.6 Å². The molecule has 2 fully saturated rings. The van der Waals surface area contributed by atoms with Gasteiger partial charge in [-0.15, -0.1) is 0 Å². The molecule has 2 aliphatic heterocycles. The number of methoxy groups -OCH3 is 1. The van der Waals surface area contributed by atoms with Crippen LogP contribution in [0.4, 0.5) is 5.69 Å². The fourth-order valence-electron chi connectivity index (χ4n) is 4.53. The first-order valence-electron chi connectivity index (χ1n) is 11.6. The average molecular weight is 450 g/mol. The van der Waals surface area contributed by atoms with Crippen molar-refractivity contribution in [1.29, 1.82) is 0 Å². The highest BCUT2D eigenvalue weighted by Crippen LogP contribution is 2.37. The summed E-state index contributed by atoms with van der Waals surface area (Å²) in [6.45, 7) is 3.65. The molecule has 2 saturated heterocycles. The molecule has 0 radical (unpaired) electrons. The summed E-state index contributed by atoms with van der Waals surface area (Å²) in [5.74, 6) is 0.734. The van der Waals surface area contributed by atoms with Crippen LogP contribution in [0.5, 0.6) is 11.5 Å². The standard InChI is InChI=1S/C26H31N3O4/c1-30-23-9-5-21(6-10-23)26(19-28-16-13-27-20-28)32-18-25(33-26)17-31-24-11-7-22(8-12-24)29-14-3-2-4-15-29/h5-13,16,20,25H,2-4,14-15,17-19H2,1H3. The molecule has 0 aliphatic carbocycles. The third-order valence-corrected chi connectivity index (χ3v) is 6.33. The van der Waals surface area contributed by atoms with Gasteiger partial charge in [0, 0.05) is 36.7 Å². The highest BCUT2D eigenvalue weighted by atomic mass is 16.8. The Morgan fingerprint density at radius 1 is 1.00 bits per heavy atom. The van der Waals surface area contributed by atoms with Crippen LogP contribution >= 0.6 is 0 Å². The zero-order valence-corrected chi connectivity index (χ0v) is 19.1. The van der Waals surface area contributed by atoms with Crippen LogP contribution in [0.3, 0.4) is 0 Å². The Bertz CT molecular complexity index is 1000. The molecule has 3 heterocycles. The minimum absolute atomic E-state index is 0.183. The molecule has 0 amide bonds. The number of hydrogen-bond acceptors (Lipinski definition) is 6. The molecule has 7 heteroatoms. The average Bonchev–Trinajstić information content (AvgIpc) is 3.54. The Kier molecular flexibility index (Phi) is 6.51. The van der Waals surface area contributed by atoms with Crippen molar-refractivity contribution in [2.24, 2.45) is 0 Å². The second-order valence-corrected chi connectivity index (χ2v) is 8.62. The molecule has 0 spiro atoms. The van der Waals surface area contributed by atoms with E-state index >= 15 is 0 Å². The van der Waals surface area contributed by atoms with E-state index in [1.54, 1.807) is 19.6 Å². The van der Waals surface area contributed by atoms with Gasteiger partial charge >= 0.3 is 0 Å². The van der Waals surface area contributed by atoms with E-state index < -0.39 is 5.79 Å². The van der Waals surface area contributed by atoms with Crippen molar-refractivity contribution in [1.82, 2.24) is 9.55 Å². The predicted molar refractivity (Wildman–Crippen MR) is 126 cm³/mol. The fraction of sp³-hybridized carbons (Fsp3) is 0.423. The van der Waals surface area contributed by atoms with Crippen LogP contribution in [0, 0.1) is 0 Å². The minimum Gasteiger partial charge on any atom is -0.497 e. The van der Waals surface area contributed by atoms with Crippen LogP contribution in [-0.4, -0.2) is 49.1 Å². The monoisotopic (exact) mass is 449 g/mol. The number of piperidine rings is 1. The van der Waals surface area contributed by atoms with Crippen LogP contribution in [-0.2, 0) is 21.8 Å². The van der Waals surface area contributed by atoms with Gasteiger partial charge in [-0.2, -0.15) is 0 Å². The molecule has 0 saturated carbocycles. The van der Waals surface area contributed by atoms with Crippen LogP contribution in [0.1, 0.15) is 24.8 Å². The smallest absolute Gasteiger partial charge is 0.214 e. The van der Waals surface area contributed by atoms with Crippen molar-refractivity contribution >= 4 is 5.69 Å². The molecule has 0 bridgehead atoms. The zero-order chi connectivity index (χ0) is 22.5. The van der Waals surface area contributed by atoms with E-state index in [1.807, 2.05) is 47.2 Å². The number of ether oxygens (including phenoxy) is 4. The Balaban J connectivity index is 1.24. The van der Waals surface area contributed by atoms with Crippen molar-refractivity contribution in [3.8, 4) is 11.5 Å². The summed E-state index contributed by atoms with van der Waals surface area (Å²) in [6.07, 6.45) is 9.12. The summed E-state index contributed by atoms with van der Waals surface area (Å²) in [7, 11) is 1.66. The third kappa shape index (κ3) is 4.99. The SMILES string of the molecule is COc1ccc(C2(Cn3ccnc3)OCC(COc3ccc(N4CCCCC4)cc3)O2)cc1. The number of benzene rings is 2. The molecule has 33 heavy (non-hydrogen) atoms. The van der Waals surface area contributed by atoms with E-state index in [-0.39, 0.29) is 6.10 Å². The van der Waals surface area contributed by atoms with Crippen molar-refractivity contribution < 1.29 is 18.9 Å². The summed E-state index contributed by atoms with van der Waals surface area (Å²) in [6, 6.07) is 16.2. The maximum Gasteiger partial charge on any atom is 0.214 e. The van der Waals surface area contributed by atoms with Crippen LogP contribution in [0.15, 0.2) is 67.3 Å². The minimum atomic E-state index is -0.904. The van der Waals surface area contributed by atoms with Crippen LogP contribution < -0.4 is 14.4 Å². The van der Waals surface area contributed by atoms with E-state index in [9.17, 15) is 0 Å². The number of imidazole rings is 1. The topological polar surface area (TPSA) is 58.0 Å². The number of nitrogens with zero attached hydrogens (tertiary/aromatic N) is 3. The Morgan fingerprint density at radius 3 is 2.45 bits per heavy atom. The van der Waals surface area contributed by atoms with E-state index in [1.165, 1.54) is 24.9 Å². The Labute approximate surface area is 194 Å². The molecule has 7 nitrogen and oxygen atoms in total. The summed E-state index contributed by atoms with van der Waals surface area (Å²) >= 11 is 0. The maximum atomic E-state index is 6.48. The molecule has 2 unspecified atom stereocenters. The number of hydrogen-bond donors (Lipinski definition) is 0. The van der Waals surface area contributed by atoms with E-state index in [4.69, 9.17) is 18.9 Å². The predicted octanol–water partition coefficient (Wildman–Crippen LogP) is 4.23. The third-order valence-electron chi connectivity index (χ3n) is 6.33. The second kappa shape index (κ2) is 9.85. The lowest BCUT2D eigenvalue weighted by Crippen LogP contribution is -2.34. The zero-order valence-electron chi connectivity index (χ0n) is 19.1.